The van der Waals surface area contributed by atoms with Crippen molar-refractivity contribution in [2.24, 2.45) is 0 Å². The van der Waals surface area contributed by atoms with E-state index in [1.807, 2.05) is 6.92 Å². The molecule has 2 heterocycles. The van der Waals surface area contributed by atoms with Gasteiger partial charge in [-0.25, -0.2) is 4.98 Å². The molecule has 1 aromatic rings. The minimum absolute atomic E-state index is 0.198. The van der Waals surface area contributed by atoms with E-state index >= 15 is 0 Å². The average Bonchev–Trinajstić information content (AvgIpc) is 2.29. The van der Waals surface area contributed by atoms with Crippen LogP contribution >= 0.6 is 11.6 Å². The highest BCUT2D eigenvalue weighted by molar-refractivity contribution is 6.32. The molecule has 1 N–H and O–H groups in total. The molecule has 0 saturated carbocycles. The van der Waals surface area contributed by atoms with Gasteiger partial charge in [0, 0.05) is 12.8 Å². The third-order valence-electron chi connectivity index (χ3n) is 2.86. The highest BCUT2D eigenvalue weighted by Gasteiger charge is 2.30. The van der Waals surface area contributed by atoms with E-state index < -0.39 is 0 Å². The SMILES string of the molecule is CC1(NC(=O)c2cccnc2Cl)CCCOC1. The minimum atomic E-state index is -0.311. The molecule has 1 amide bonds. The van der Waals surface area contributed by atoms with Crippen LogP contribution in [0.25, 0.3) is 0 Å². The molecule has 1 fully saturated rings. The normalized spacial score (nSPS) is 24.4. The number of amides is 1. The molecular weight excluding hydrogens is 240 g/mol. The largest absolute Gasteiger partial charge is 0.379 e. The van der Waals surface area contributed by atoms with E-state index in [4.69, 9.17) is 16.3 Å². The van der Waals surface area contributed by atoms with Gasteiger partial charge in [0.05, 0.1) is 17.7 Å². The topological polar surface area (TPSA) is 51.2 Å². The number of halogens is 1. The second-order valence-corrected chi connectivity index (χ2v) is 4.87. The Bertz CT molecular complexity index is 417. The number of aromatic nitrogens is 1. The Morgan fingerprint density at radius 1 is 1.65 bits per heavy atom. The number of pyridine rings is 1. The molecular formula is C12H15ClN2O2. The summed E-state index contributed by atoms with van der Waals surface area (Å²) in [5.41, 5.74) is 0.0927. The summed E-state index contributed by atoms with van der Waals surface area (Å²) in [5.74, 6) is -0.198. The molecule has 1 saturated heterocycles. The van der Waals surface area contributed by atoms with Crippen molar-refractivity contribution in [3.8, 4) is 0 Å². The Hall–Kier alpha value is -1.13. The first-order chi connectivity index (χ1) is 8.11. The van der Waals surface area contributed by atoms with Crippen LogP contribution in [0.3, 0.4) is 0 Å². The van der Waals surface area contributed by atoms with Crippen molar-refractivity contribution in [1.29, 1.82) is 0 Å². The molecule has 0 spiro atoms. The van der Waals surface area contributed by atoms with Crippen LogP contribution in [0.15, 0.2) is 18.3 Å². The van der Waals surface area contributed by atoms with E-state index in [0.29, 0.717) is 12.2 Å². The Kier molecular flexibility index (Phi) is 3.64. The van der Waals surface area contributed by atoms with Gasteiger partial charge in [0.15, 0.2) is 0 Å². The Balaban J connectivity index is 2.09. The predicted molar refractivity (Wildman–Crippen MR) is 65.2 cm³/mol. The van der Waals surface area contributed by atoms with Crippen molar-refractivity contribution in [3.05, 3.63) is 29.0 Å². The maximum Gasteiger partial charge on any atom is 0.254 e. The van der Waals surface area contributed by atoms with Crippen molar-refractivity contribution < 1.29 is 9.53 Å². The molecule has 0 aromatic carbocycles. The maximum atomic E-state index is 12.0. The Labute approximate surface area is 105 Å². The van der Waals surface area contributed by atoms with Gasteiger partial charge < -0.3 is 10.1 Å². The number of ether oxygens (including phenoxy) is 1. The van der Waals surface area contributed by atoms with Crippen LogP contribution in [0.1, 0.15) is 30.1 Å². The fourth-order valence-electron chi connectivity index (χ4n) is 1.93. The van der Waals surface area contributed by atoms with E-state index in [1.165, 1.54) is 0 Å². The molecule has 1 atom stereocenters. The molecule has 1 unspecified atom stereocenters. The van der Waals surface area contributed by atoms with Crippen LogP contribution in [0.2, 0.25) is 5.15 Å². The first-order valence-electron chi connectivity index (χ1n) is 5.61. The van der Waals surface area contributed by atoms with Gasteiger partial charge in [0.1, 0.15) is 5.15 Å². The molecule has 5 heteroatoms. The molecule has 1 aliphatic heterocycles. The third kappa shape index (κ3) is 2.96. The van der Waals surface area contributed by atoms with Crippen molar-refractivity contribution in [2.75, 3.05) is 13.2 Å². The van der Waals surface area contributed by atoms with Gasteiger partial charge in [-0.05, 0) is 31.9 Å². The summed E-state index contributed by atoms with van der Waals surface area (Å²) in [6.45, 7) is 3.28. The molecule has 92 valence electrons. The number of carbonyl (C=O) groups is 1. The van der Waals surface area contributed by atoms with E-state index in [0.717, 1.165) is 19.4 Å². The summed E-state index contributed by atoms with van der Waals surface area (Å²) in [7, 11) is 0. The van der Waals surface area contributed by atoms with Crippen molar-refractivity contribution in [2.45, 2.75) is 25.3 Å². The van der Waals surface area contributed by atoms with Crippen LogP contribution in [0, 0.1) is 0 Å². The zero-order valence-electron chi connectivity index (χ0n) is 9.70. The van der Waals surface area contributed by atoms with E-state index in [-0.39, 0.29) is 16.6 Å². The van der Waals surface area contributed by atoms with Gasteiger partial charge >= 0.3 is 0 Å². The quantitative estimate of drug-likeness (QED) is 0.822. The Morgan fingerprint density at radius 2 is 2.47 bits per heavy atom. The van der Waals surface area contributed by atoms with Gasteiger partial charge in [-0.15, -0.1) is 0 Å². The van der Waals surface area contributed by atoms with Crippen LogP contribution in [-0.4, -0.2) is 29.6 Å². The monoisotopic (exact) mass is 254 g/mol. The van der Waals surface area contributed by atoms with E-state index in [1.54, 1.807) is 18.3 Å². The zero-order chi connectivity index (χ0) is 12.3. The van der Waals surface area contributed by atoms with Crippen LogP contribution in [-0.2, 0) is 4.74 Å². The number of nitrogens with zero attached hydrogens (tertiary/aromatic N) is 1. The second kappa shape index (κ2) is 5.02. The zero-order valence-corrected chi connectivity index (χ0v) is 10.5. The second-order valence-electron chi connectivity index (χ2n) is 4.51. The van der Waals surface area contributed by atoms with Crippen molar-refractivity contribution in [1.82, 2.24) is 10.3 Å². The lowest BCUT2D eigenvalue weighted by Crippen LogP contribution is -2.51. The van der Waals surface area contributed by atoms with Gasteiger partial charge in [-0.2, -0.15) is 0 Å². The number of hydrogen-bond acceptors (Lipinski definition) is 3. The molecule has 1 aromatic heterocycles. The molecule has 2 rings (SSSR count). The highest BCUT2D eigenvalue weighted by atomic mass is 35.5. The first kappa shape index (κ1) is 12.3. The number of rotatable bonds is 2. The number of hydrogen-bond donors (Lipinski definition) is 1. The summed E-state index contributed by atoms with van der Waals surface area (Å²) in [4.78, 5) is 15.9. The number of nitrogens with one attached hydrogen (secondary N) is 1. The summed E-state index contributed by atoms with van der Waals surface area (Å²) >= 11 is 5.88. The third-order valence-corrected chi connectivity index (χ3v) is 3.16. The fourth-order valence-corrected chi connectivity index (χ4v) is 2.13. The molecule has 0 bridgehead atoms. The summed E-state index contributed by atoms with van der Waals surface area (Å²) in [5, 5.41) is 3.19. The summed E-state index contributed by atoms with van der Waals surface area (Å²) < 4.78 is 5.39. The predicted octanol–water partition coefficient (Wildman–Crippen LogP) is 2.03. The van der Waals surface area contributed by atoms with Crippen LogP contribution < -0.4 is 5.32 Å². The molecule has 0 radical (unpaired) electrons. The standard InChI is InChI=1S/C12H15ClN2O2/c1-12(5-3-7-17-8-12)15-11(16)9-4-2-6-14-10(9)13/h2,4,6H,3,5,7-8H2,1H3,(H,15,16). The summed E-state index contributed by atoms with van der Waals surface area (Å²) in [6, 6.07) is 3.36. The summed E-state index contributed by atoms with van der Waals surface area (Å²) in [6.07, 6.45) is 3.43. The van der Waals surface area contributed by atoms with Gasteiger partial charge in [0.2, 0.25) is 0 Å². The lowest BCUT2D eigenvalue weighted by molar-refractivity contribution is 0.0272. The van der Waals surface area contributed by atoms with Crippen LogP contribution in [0.5, 0.6) is 0 Å². The minimum Gasteiger partial charge on any atom is -0.379 e. The first-order valence-corrected chi connectivity index (χ1v) is 5.99. The van der Waals surface area contributed by atoms with Gasteiger partial charge in [0.25, 0.3) is 5.91 Å². The smallest absolute Gasteiger partial charge is 0.254 e. The van der Waals surface area contributed by atoms with Gasteiger partial charge in [-0.3, -0.25) is 4.79 Å². The van der Waals surface area contributed by atoms with E-state index in [9.17, 15) is 4.79 Å². The van der Waals surface area contributed by atoms with Gasteiger partial charge in [-0.1, -0.05) is 11.6 Å². The lowest BCUT2D eigenvalue weighted by Gasteiger charge is -2.34. The van der Waals surface area contributed by atoms with Crippen molar-refractivity contribution >= 4 is 17.5 Å². The molecule has 17 heavy (non-hydrogen) atoms. The molecule has 0 aliphatic carbocycles. The Morgan fingerprint density at radius 3 is 3.12 bits per heavy atom. The molecule has 1 aliphatic rings. The fraction of sp³-hybridized carbons (Fsp3) is 0.500. The average molecular weight is 255 g/mol. The highest BCUT2D eigenvalue weighted by Crippen LogP contribution is 2.20. The molecule has 4 nitrogen and oxygen atoms in total. The van der Waals surface area contributed by atoms with Crippen molar-refractivity contribution in [3.63, 3.8) is 0 Å². The van der Waals surface area contributed by atoms with Crippen LogP contribution in [0.4, 0.5) is 0 Å². The maximum absolute atomic E-state index is 12.0. The van der Waals surface area contributed by atoms with E-state index in [2.05, 4.69) is 10.3 Å². The lowest BCUT2D eigenvalue weighted by atomic mass is 9.94. The number of carbonyl (C=O) groups excluding carboxylic acids is 1.